The third-order valence-corrected chi connectivity index (χ3v) is 2.52. The largest absolute Gasteiger partial charge is 0.472 e. The van der Waals surface area contributed by atoms with E-state index in [4.69, 9.17) is 4.42 Å². The molecule has 0 saturated carbocycles. The molecule has 2 aromatic rings. The third kappa shape index (κ3) is 1.34. The van der Waals surface area contributed by atoms with E-state index in [1.54, 1.807) is 12.5 Å². The Morgan fingerprint density at radius 3 is 3.00 bits per heavy atom. The number of hydrogen-bond donors (Lipinski definition) is 0. The Bertz CT molecular complexity index is 343. The van der Waals surface area contributed by atoms with Crippen LogP contribution in [0.25, 0.3) is 10.6 Å². The lowest BCUT2D eigenvalue weighted by Gasteiger charge is -1.81. The molecule has 0 aliphatic heterocycles. The molecule has 0 N–H and O–H groups in total. The first-order valence-electron chi connectivity index (χ1n) is 2.88. The molecule has 2 heterocycles. The number of aromatic nitrogens is 2. The van der Waals surface area contributed by atoms with Gasteiger partial charge in [0.2, 0.25) is 4.73 Å². The zero-order chi connectivity index (χ0) is 7.68. The Kier molecular flexibility index (Phi) is 1.75. The molecular weight excluding hydrogens is 228 g/mol. The van der Waals surface area contributed by atoms with Gasteiger partial charge < -0.3 is 4.42 Å². The van der Waals surface area contributed by atoms with E-state index in [1.165, 1.54) is 11.5 Å². The van der Waals surface area contributed by atoms with Crippen LogP contribution in [0, 0.1) is 0 Å². The molecule has 56 valence electrons. The van der Waals surface area contributed by atoms with Crippen LogP contribution in [0.3, 0.4) is 0 Å². The smallest absolute Gasteiger partial charge is 0.209 e. The maximum atomic E-state index is 4.90. The monoisotopic (exact) mass is 230 g/mol. The van der Waals surface area contributed by atoms with Crippen LogP contribution < -0.4 is 0 Å². The summed E-state index contributed by atoms with van der Waals surface area (Å²) in [6.45, 7) is 0. The summed E-state index contributed by atoms with van der Waals surface area (Å²) in [5, 5.41) is 0.866. The summed E-state index contributed by atoms with van der Waals surface area (Å²) < 4.78 is 9.50. The van der Waals surface area contributed by atoms with Gasteiger partial charge in [0.05, 0.1) is 11.8 Å². The minimum absolute atomic E-state index is 0.624. The lowest BCUT2D eigenvalue weighted by Crippen LogP contribution is -1.68. The standard InChI is InChI=1S/C6H3BrN2OS/c7-6-8-5(11-9-6)4-1-2-10-3-4/h1-3H. The quantitative estimate of drug-likeness (QED) is 0.756. The second-order valence-electron chi connectivity index (χ2n) is 1.88. The molecule has 0 bridgehead atoms. The average molecular weight is 231 g/mol. The van der Waals surface area contributed by atoms with Crippen molar-refractivity contribution in [2.45, 2.75) is 0 Å². The molecule has 11 heavy (non-hydrogen) atoms. The fraction of sp³-hybridized carbons (Fsp3) is 0. The van der Waals surface area contributed by atoms with E-state index < -0.39 is 0 Å². The van der Waals surface area contributed by atoms with Crippen LogP contribution in [0.4, 0.5) is 0 Å². The van der Waals surface area contributed by atoms with Gasteiger partial charge in [0.15, 0.2) is 0 Å². The Morgan fingerprint density at radius 2 is 2.45 bits per heavy atom. The SMILES string of the molecule is Brc1nsc(-c2ccoc2)n1. The fourth-order valence-corrected chi connectivity index (χ4v) is 1.77. The first-order valence-corrected chi connectivity index (χ1v) is 4.44. The number of halogens is 1. The molecule has 3 nitrogen and oxygen atoms in total. The molecule has 0 saturated heterocycles. The highest BCUT2D eigenvalue weighted by Gasteiger charge is 2.04. The van der Waals surface area contributed by atoms with Crippen LogP contribution in [-0.2, 0) is 0 Å². The van der Waals surface area contributed by atoms with Crippen molar-refractivity contribution in [1.29, 1.82) is 0 Å². The van der Waals surface area contributed by atoms with Crippen molar-refractivity contribution in [3.63, 3.8) is 0 Å². The predicted molar refractivity (Wildman–Crippen MR) is 45.3 cm³/mol. The van der Waals surface area contributed by atoms with Gasteiger partial charge >= 0.3 is 0 Å². The van der Waals surface area contributed by atoms with Crippen molar-refractivity contribution in [3.8, 4) is 10.6 Å². The van der Waals surface area contributed by atoms with Gasteiger partial charge in [-0.05, 0) is 33.5 Å². The number of hydrogen-bond acceptors (Lipinski definition) is 4. The summed E-state index contributed by atoms with van der Waals surface area (Å²) >= 11 is 4.51. The first kappa shape index (κ1) is 7.00. The predicted octanol–water partition coefficient (Wildman–Crippen LogP) is 2.56. The van der Waals surface area contributed by atoms with E-state index in [0.29, 0.717) is 4.73 Å². The van der Waals surface area contributed by atoms with Crippen molar-refractivity contribution in [2.24, 2.45) is 0 Å². The highest BCUT2D eigenvalue weighted by molar-refractivity contribution is 9.10. The average Bonchev–Trinajstić information content (AvgIpc) is 2.55. The topological polar surface area (TPSA) is 38.9 Å². The van der Waals surface area contributed by atoms with E-state index in [-0.39, 0.29) is 0 Å². The summed E-state index contributed by atoms with van der Waals surface area (Å²) in [5.74, 6) is 0. The maximum absolute atomic E-state index is 4.90. The first-order chi connectivity index (χ1) is 5.36. The third-order valence-electron chi connectivity index (χ3n) is 1.17. The molecule has 0 unspecified atom stereocenters. The molecule has 0 radical (unpaired) electrons. The number of rotatable bonds is 1. The zero-order valence-corrected chi connectivity index (χ0v) is 7.72. The van der Waals surface area contributed by atoms with Gasteiger partial charge in [0.25, 0.3) is 0 Å². The van der Waals surface area contributed by atoms with Gasteiger partial charge in [0, 0.05) is 0 Å². The van der Waals surface area contributed by atoms with Crippen LogP contribution in [-0.4, -0.2) is 9.36 Å². The molecule has 0 atom stereocenters. The Labute approximate surface area is 75.4 Å². The van der Waals surface area contributed by atoms with Gasteiger partial charge in [-0.2, -0.15) is 4.37 Å². The lowest BCUT2D eigenvalue weighted by molar-refractivity contribution is 0.568. The van der Waals surface area contributed by atoms with E-state index in [0.717, 1.165) is 10.6 Å². The van der Waals surface area contributed by atoms with E-state index >= 15 is 0 Å². The summed E-state index contributed by atoms with van der Waals surface area (Å²) in [5.41, 5.74) is 0.966. The van der Waals surface area contributed by atoms with Gasteiger partial charge in [-0.3, -0.25) is 0 Å². The minimum Gasteiger partial charge on any atom is -0.472 e. The minimum atomic E-state index is 0.624. The maximum Gasteiger partial charge on any atom is 0.209 e. The summed E-state index contributed by atoms with van der Waals surface area (Å²) in [4.78, 5) is 4.12. The molecule has 0 amide bonds. The van der Waals surface area contributed by atoms with Gasteiger partial charge in [-0.1, -0.05) is 0 Å². The second kappa shape index (κ2) is 2.75. The van der Waals surface area contributed by atoms with Crippen molar-refractivity contribution in [1.82, 2.24) is 9.36 Å². The number of nitrogens with zero attached hydrogens (tertiary/aromatic N) is 2. The molecule has 5 heteroatoms. The van der Waals surface area contributed by atoms with Crippen LogP contribution in [0.2, 0.25) is 0 Å². The zero-order valence-electron chi connectivity index (χ0n) is 5.32. The molecule has 0 aliphatic carbocycles. The Balaban J connectivity index is 2.45. The van der Waals surface area contributed by atoms with Crippen LogP contribution in [0.5, 0.6) is 0 Å². The molecular formula is C6H3BrN2OS. The van der Waals surface area contributed by atoms with Crippen molar-refractivity contribution in [2.75, 3.05) is 0 Å². The molecule has 0 fully saturated rings. The van der Waals surface area contributed by atoms with E-state index in [1.807, 2.05) is 6.07 Å². The van der Waals surface area contributed by atoms with Crippen LogP contribution in [0.15, 0.2) is 27.7 Å². The van der Waals surface area contributed by atoms with E-state index in [9.17, 15) is 0 Å². The molecule has 2 aromatic heterocycles. The molecule has 2 rings (SSSR count). The molecule has 0 aromatic carbocycles. The van der Waals surface area contributed by atoms with Gasteiger partial charge in [-0.15, -0.1) is 0 Å². The fourth-order valence-electron chi connectivity index (χ4n) is 0.709. The van der Waals surface area contributed by atoms with E-state index in [2.05, 4.69) is 25.3 Å². The lowest BCUT2D eigenvalue weighted by atomic mass is 10.4. The highest BCUT2D eigenvalue weighted by atomic mass is 79.9. The summed E-state index contributed by atoms with van der Waals surface area (Å²) in [6, 6.07) is 1.85. The Hall–Kier alpha value is -0.680. The van der Waals surface area contributed by atoms with Gasteiger partial charge in [-0.25, -0.2) is 4.98 Å². The Morgan fingerprint density at radius 1 is 1.55 bits per heavy atom. The highest BCUT2D eigenvalue weighted by Crippen LogP contribution is 2.22. The van der Waals surface area contributed by atoms with Crippen molar-refractivity contribution < 1.29 is 4.42 Å². The van der Waals surface area contributed by atoms with Crippen molar-refractivity contribution in [3.05, 3.63) is 23.3 Å². The second-order valence-corrected chi connectivity index (χ2v) is 3.34. The number of furan rings is 1. The van der Waals surface area contributed by atoms with Crippen LogP contribution in [0.1, 0.15) is 0 Å². The summed E-state index contributed by atoms with van der Waals surface area (Å²) in [7, 11) is 0. The molecule has 0 spiro atoms. The normalized spacial score (nSPS) is 10.3. The van der Waals surface area contributed by atoms with Crippen LogP contribution >= 0.6 is 27.5 Å². The summed E-state index contributed by atoms with van der Waals surface area (Å²) in [6.07, 6.45) is 3.26. The van der Waals surface area contributed by atoms with Gasteiger partial charge in [0.1, 0.15) is 11.3 Å². The molecule has 0 aliphatic rings. The van der Waals surface area contributed by atoms with Crippen molar-refractivity contribution >= 4 is 27.5 Å².